The molecule has 0 aromatic heterocycles. The van der Waals surface area contributed by atoms with Crippen LogP contribution in [0.25, 0.3) is 6.08 Å². The van der Waals surface area contributed by atoms with Crippen LogP contribution in [0.4, 0.5) is 13.2 Å². The van der Waals surface area contributed by atoms with Crippen LogP contribution in [0.1, 0.15) is 43.2 Å². The SMILES string of the molecule is COc1cc(C=CC(=O)OCCO[N+](=O)[O-])ccc1OC(=O)CCCC=CC[C@@H]1[C@@H](C=C[C@@H](O)COc2cccc(C(F)(F)F)c2)[C@H](O)C[C@@H]1O. The molecule has 2 aromatic carbocycles. The van der Waals surface area contributed by atoms with Gasteiger partial charge in [0.1, 0.15) is 31.7 Å². The van der Waals surface area contributed by atoms with E-state index in [0.29, 0.717) is 24.8 Å². The number of rotatable bonds is 19. The minimum absolute atomic E-state index is 0.0470. The topological polar surface area (TPSA) is 184 Å². The lowest BCUT2D eigenvalue weighted by molar-refractivity contribution is -0.757. The van der Waals surface area contributed by atoms with E-state index in [-0.39, 0.29) is 49.2 Å². The van der Waals surface area contributed by atoms with E-state index in [2.05, 4.69) is 4.84 Å². The summed E-state index contributed by atoms with van der Waals surface area (Å²) in [6.07, 6.45) is 3.53. The van der Waals surface area contributed by atoms with Gasteiger partial charge in [-0.1, -0.05) is 36.4 Å². The average molecular weight is 724 g/mol. The van der Waals surface area contributed by atoms with Crippen LogP contribution >= 0.6 is 0 Å². The molecule has 278 valence electrons. The molecule has 5 atom stereocenters. The van der Waals surface area contributed by atoms with Gasteiger partial charge < -0.3 is 39.1 Å². The maximum atomic E-state index is 12.9. The third kappa shape index (κ3) is 14.1. The van der Waals surface area contributed by atoms with Crippen LogP contribution in [0.2, 0.25) is 0 Å². The Morgan fingerprint density at radius 3 is 2.59 bits per heavy atom. The Labute approximate surface area is 291 Å². The third-order valence-corrected chi connectivity index (χ3v) is 7.73. The van der Waals surface area contributed by atoms with E-state index in [1.54, 1.807) is 12.1 Å². The second-order valence-electron chi connectivity index (χ2n) is 11.4. The number of aliphatic hydroxyl groups excluding tert-OH is 3. The number of hydrogen-bond donors (Lipinski definition) is 3. The quantitative estimate of drug-likeness (QED) is 0.0341. The predicted molar refractivity (Wildman–Crippen MR) is 175 cm³/mol. The van der Waals surface area contributed by atoms with Crippen molar-refractivity contribution in [2.45, 2.75) is 56.6 Å². The molecule has 16 heteroatoms. The molecule has 13 nitrogen and oxygen atoms in total. The molecule has 1 aliphatic carbocycles. The van der Waals surface area contributed by atoms with Gasteiger partial charge in [-0.05, 0) is 67.2 Å². The summed E-state index contributed by atoms with van der Waals surface area (Å²) in [4.78, 5) is 38.3. The Kier molecular flexibility index (Phi) is 15.9. The predicted octanol–water partition coefficient (Wildman–Crippen LogP) is 4.85. The molecule has 1 saturated carbocycles. The molecule has 2 aromatic rings. The first kappa shape index (κ1) is 40.5. The zero-order chi connectivity index (χ0) is 37.4. The lowest BCUT2D eigenvalue weighted by Gasteiger charge is -2.19. The van der Waals surface area contributed by atoms with E-state index in [4.69, 9.17) is 18.9 Å². The van der Waals surface area contributed by atoms with Crippen LogP contribution in [-0.4, -0.2) is 77.6 Å². The summed E-state index contributed by atoms with van der Waals surface area (Å²) in [5.74, 6) is -1.69. The minimum atomic E-state index is -4.52. The largest absolute Gasteiger partial charge is 0.493 e. The normalized spacial score (nSPS) is 19.7. The van der Waals surface area contributed by atoms with Gasteiger partial charge in [-0.2, -0.15) is 13.2 Å². The van der Waals surface area contributed by atoms with E-state index >= 15 is 0 Å². The highest BCUT2D eigenvalue weighted by Crippen LogP contribution is 2.36. The smallest absolute Gasteiger partial charge is 0.416 e. The number of unbranched alkanes of at least 4 members (excludes halogenated alkanes) is 1. The van der Waals surface area contributed by atoms with Gasteiger partial charge in [0.05, 0.1) is 24.9 Å². The van der Waals surface area contributed by atoms with Gasteiger partial charge in [-0.15, -0.1) is 10.1 Å². The van der Waals surface area contributed by atoms with Gasteiger partial charge in [0, 0.05) is 24.8 Å². The van der Waals surface area contributed by atoms with Crippen molar-refractivity contribution in [2.24, 2.45) is 11.8 Å². The van der Waals surface area contributed by atoms with Gasteiger partial charge in [0.25, 0.3) is 5.09 Å². The summed E-state index contributed by atoms with van der Waals surface area (Å²) in [6, 6.07) is 8.93. The number of allylic oxidation sites excluding steroid dienone is 2. The Hall–Kier alpha value is -4.93. The summed E-state index contributed by atoms with van der Waals surface area (Å²) in [6.45, 7) is -0.997. The molecule has 0 heterocycles. The highest BCUT2D eigenvalue weighted by Gasteiger charge is 2.39. The number of hydrogen-bond acceptors (Lipinski definition) is 12. The van der Waals surface area contributed by atoms with Crippen molar-refractivity contribution in [3.05, 3.63) is 94.1 Å². The molecular weight excluding hydrogens is 683 g/mol. The molecule has 1 aliphatic rings. The van der Waals surface area contributed by atoms with Gasteiger partial charge >= 0.3 is 18.1 Å². The molecule has 0 radical (unpaired) electrons. The van der Waals surface area contributed by atoms with Crippen LogP contribution in [-0.2, 0) is 25.3 Å². The number of aliphatic hydroxyl groups is 3. The van der Waals surface area contributed by atoms with Crippen molar-refractivity contribution in [2.75, 3.05) is 26.9 Å². The van der Waals surface area contributed by atoms with Gasteiger partial charge in [-0.25, -0.2) is 4.79 Å². The van der Waals surface area contributed by atoms with Crippen molar-refractivity contribution in [3.63, 3.8) is 0 Å². The van der Waals surface area contributed by atoms with Gasteiger partial charge in [-0.3, -0.25) is 4.79 Å². The molecule has 0 spiro atoms. The second-order valence-corrected chi connectivity index (χ2v) is 11.4. The molecule has 0 aliphatic heterocycles. The number of carbonyl (C=O) groups is 2. The number of ether oxygens (including phenoxy) is 4. The third-order valence-electron chi connectivity index (χ3n) is 7.73. The van der Waals surface area contributed by atoms with Crippen molar-refractivity contribution < 1.29 is 67.0 Å². The fourth-order valence-electron chi connectivity index (χ4n) is 5.21. The molecule has 51 heavy (non-hydrogen) atoms. The fourth-order valence-corrected chi connectivity index (χ4v) is 5.21. The Balaban J connectivity index is 1.41. The van der Waals surface area contributed by atoms with E-state index in [1.165, 1.54) is 43.5 Å². The monoisotopic (exact) mass is 723 g/mol. The minimum Gasteiger partial charge on any atom is -0.493 e. The van der Waals surface area contributed by atoms with Crippen LogP contribution in [0, 0.1) is 22.0 Å². The molecule has 0 bridgehead atoms. The van der Waals surface area contributed by atoms with Crippen molar-refractivity contribution in [3.8, 4) is 17.2 Å². The lowest BCUT2D eigenvalue weighted by atomic mass is 9.89. The Morgan fingerprint density at radius 1 is 1.08 bits per heavy atom. The van der Waals surface area contributed by atoms with Crippen LogP contribution in [0.3, 0.4) is 0 Å². The lowest BCUT2D eigenvalue weighted by Crippen LogP contribution is -2.21. The summed E-state index contributed by atoms with van der Waals surface area (Å²) in [5.41, 5.74) is -0.336. The summed E-state index contributed by atoms with van der Waals surface area (Å²) >= 11 is 0. The highest BCUT2D eigenvalue weighted by atomic mass is 19.4. The second kappa shape index (κ2) is 20.1. The van der Waals surface area contributed by atoms with E-state index in [9.17, 15) is 48.2 Å². The number of esters is 2. The maximum Gasteiger partial charge on any atom is 0.416 e. The summed E-state index contributed by atoms with van der Waals surface area (Å²) in [5, 5.41) is 40.4. The number of halogens is 3. The molecule has 0 saturated heterocycles. The molecule has 0 amide bonds. The highest BCUT2D eigenvalue weighted by molar-refractivity contribution is 5.87. The standard InChI is InChI=1S/C35H40F3NO12/c1-47-32-19-23(12-16-33(43)48-17-18-50-39(45)46)11-15-31(32)51-34(44)10-5-3-2-4-9-27-28(30(42)21-29(27)41)14-13-25(40)22-49-26-8-6-7-24(20-26)35(36,37)38/h2,4,6-8,11-16,19-20,25,27-30,40-42H,3,5,9-10,17-18,21-22H2,1H3/t25-,27-,28-,29+,30-/m1/s1. The molecule has 0 unspecified atom stereocenters. The van der Waals surface area contributed by atoms with E-state index < -0.39 is 59.6 Å². The van der Waals surface area contributed by atoms with E-state index in [1.807, 2.05) is 12.2 Å². The van der Waals surface area contributed by atoms with E-state index in [0.717, 1.165) is 18.2 Å². The van der Waals surface area contributed by atoms with Crippen LogP contribution in [0.15, 0.2) is 72.8 Å². The number of methoxy groups -OCH3 is 1. The van der Waals surface area contributed by atoms with Crippen molar-refractivity contribution in [1.29, 1.82) is 0 Å². The first-order valence-electron chi connectivity index (χ1n) is 15.9. The van der Waals surface area contributed by atoms with Crippen LogP contribution < -0.4 is 14.2 Å². The van der Waals surface area contributed by atoms with Crippen molar-refractivity contribution in [1.82, 2.24) is 0 Å². The molecule has 3 N–H and O–H groups in total. The van der Waals surface area contributed by atoms with Crippen molar-refractivity contribution >= 4 is 18.0 Å². The Morgan fingerprint density at radius 2 is 1.86 bits per heavy atom. The maximum absolute atomic E-state index is 12.9. The summed E-state index contributed by atoms with van der Waals surface area (Å²) < 4.78 is 59.5. The first-order valence-corrected chi connectivity index (χ1v) is 15.9. The molecule has 1 fully saturated rings. The first-order chi connectivity index (χ1) is 24.3. The molecule has 3 rings (SSSR count). The van der Waals surface area contributed by atoms with Gasteiger partial charge in [0.15, 0.2) is 11.5 Å². The molecular formula is C35H40F3NO12. The average Bonchev–Trinajstić information content (AvgIpc) is 3.36. The van der Waals surface area contributed by atoms with Gasteiger partial charge in [0.2, 0.25) is 0 Å². The zero-order valence-corrected chi connectivity index (χ0v) is 27.6. The number of alkyl halides is 3. The number of nitrogens with zero attached hydrogens (tertiary/aromatic N) is 1. The zero-order valence-electron chi connectivity index (χ0n) is 27.6. The fraction of sp³-hybridized carbons (Fsp3) is 0.429. The number of benzene rings is 2. The Bertz CT molecular complexity index is 1540. The number of carbonyl (C=O) groups excluding carboxylic acids is 2. The summed E-state index contributed by atoms with van der Waals surface area (Å²) in [7, 11) is 1.39. The van der Waals surface area contributed by atoms with Crippen LogP contribution in [0.5, 0.6) is 17.2 Å².